The van der Waals surface area contributed by atoms with E-state index in [2.05, 4.69) is 0 Å². The maximum absolute atomic E-state index is 13.8. The highest BCUT2D eigenvalue weighted by Gasteiger charge is 2.49. The van der Waals surface area contributed by atoms with Crippen LogP contribution in [0.2, 0.25) is 0 Å². The second kappa shape index (κ2) is 8.03. The molecule has 0 spiro atoms. The topological polar surface area (TPSA) is 37.4 Å². The maximum Gasteiger partial charge on any atom is 0.288 e. The zero-order valence-corrected chi connectivity index (χ0v) is 16.3. The molecule has 4 rings (SSSR count). The molecule has 0 radical (unpaired) electrons. The predicted octanol–water partition coefficient (Wildman–Crippen LogP) is 4.91. The van der Waals surface area contributed by atoms with Crippen LogP contribution in [0, 0.1) is 0 Å². The van der Waals surface area contributed by atoms with Crippen molar-refractivity contribution < 1.29 is 9.59 Å². The fraction of sp³-hybridized carbons (Fsp3) is 0.167. The van der Waals surface area contributed by atoms with Gasteiger partial charge in [0.15, 0.2) is 0 Å². The lowest BCUT2D eigenvalue weighted by molar-refractivity contribution is -0.132. The summed E-state index contributed by atoms with van der Waals surface area (Å²) in [5, 5.41) is -0.164. The van der Waals surface area contributed by atoms with E-state index in [1.54, 1.807) is 0 Å². The predicted molar refractivity (Wildman–Crippen MR) is 113 cm³/mol. The van der Waals surface area contributed by atoms with E-state index >= 15 is 0 Å². The average Bonchev–Trinajstić information content (AvgIpc) is 2.76. The van der Waals surface area contributed by atoms with E-state index in [1.165, 1.54) is 16.7 Å². The minimum absolute atomic E-state index is 0.135. The molecule has 0 unspecified atom stereocenters. The summed E-state index contributed by atoms with van der Waals surface area (Å²) in [6, 6.07) is 29.6. The molecule has 0 aliphatic carbocycles. The van der Waals surface area contributed by atoms with Crippen molar-refractivity contribution in [2.24, 2.45) is 0 Å². The first-order valence-electron chi connectivity index (χ1n) is 9.35. The van der Waals surface area contributed by atoms with Gasteiger partial charge < -0.3 is 0 Å². The third kappa shape index (κ3) is 3.36. The molecule has 3 aromatic rings. The Balaban J connectivity index is 1.72. The Labute approximate surface area is 169 Å². The number of amides is 2. The maximum atomic E-state index is 13.8. The summed E-state index contributed by atoms with van der Waals surface area (Å²) < 4.78 is 0. The molecule has 1 fully saturated rings. The molecule has 0 atom stereocenters. The molecule has 0 N–H and O–H groups in total. The summed E-state index contributed by atoms with van der Waals surface area (Å²) in [5.41, 5.74) is 2.12. The molecule has 0 saturated carbocycles. The number of rotatable bonds is 5. The van der Waals surface area contributed by atoms with Gasteiger partial charge in [0, 0.05) is 12.3 Å². The third-order valence-corrected chi connectivity index (χ3v) is 6.29. The van der Waals surface area contributed by atoms with Crippen LogP contribution in [-0.4, -0.2) is 28.3 Å². The van der Waals surface area contributed by atoms with Crippen LogP contribution in [0.3, 0.4) is 0 Å². The van der Waals surface area contributed by atoms with Crippen molar-refractivity contribution in [3.05, 3.63) is 108 Å². The first-order valence-corrected chi connectivity index (χ1v) is 10.3. The second-order valence-corrected chi connectivity index (χ2v) is 7.81. The Kier molecular flexibility index (Phi) is 5.31. The van der Waals surface area contributed by atoms with Crippen molar-refractivity contribution in [2.45, 2.75) is 11.8 Å². The number of hydrogen-bond donors (Lipinski definition) is 0. The molecule has 0 aromatic heterocycles. The highest BCUT2D eigenvalue weighted by molar-refractivity contribution is 8.13. The number of carbonyl (C=O) groups is 2. The van der Waals surface area contributed by atoms with E-state index in [4.69, 9.17) is 0 Å². The van der Waals surface area contributed by atoms with Crippen molar-refractivity contribution in [3.8, 4) is 0 Å². The molecule has 3 nitrogen and oxygen atoms in total. The fourth-order valence-electron chi connectivity index (χ4n) is 3.73. The summed E-state index contributed by atoms with van der Waals surface area (Å²) >= 11 is 1.23. The Hall–Kier alpha value is -2.85. The van der Waals surface area contributed by atoms with Gasteiger partial charge in [-0.1, -0.05) is 103 Å². The Bertz CT molecular complexity index is 918. The zero-order valence-electron chi connectivity index (χ0n) is 15.5. The Morgan fingerprint density at radius 3 is 1.79 bits per heavy atom. The first-order chi connectivity index (χ1) is 13.7. The number of carbonyl (C=O) groups excluding carboxylic acids is 2. The van der Waals surface area contributed by atoms with Crippen LogP contribution < -0.4 is 0 Å². The molecule has 1 heterocycles. The SMILES string of the molecule is O=C1SCC(c2ccccc2)(c2ccccc2)C(=O)N1CCc1ccccc1. The molecule has 1 saturated heterocycles. The number of nitrogens with zero attached hydrogens (tertiary/aromatic N) is 1. The highest BCUT2D eigenvalue weighted by atomic mass is 32.2. The molecule has 28 heavy (non-hydrogen) atoms. The molecule has 2 amide bonds. The van der Waals surface area contributed by atoms with Gasteiger partial charge in [-0.15, -0.1) is 0 Å². The number of imide groups is 1. The van der Waals surface area contributed by atoms with E-state index in [9.17, 15) is 9.59 Å². The van der Waals surface area contributed by atoms with Gasteiger partial charge in [-0.3, -0.25) is 14.5 Å². The van der Waals surface area contributed by atoms with Gasteiger partial charge in [0.1, 0.15) is 5.41 Å². The van der Waals surface area contributed by atoms with Crippen LogP contribution in [-0.2, 0) is 16.6 Å². The number of benzene rings is 3. The second-order valence-electron chi connectivity index (χ2n) is 6.88. The van der Waals surface area contributed by atoms with Crippen LogP contribution in [0.5, 0.6) is 0 Å². The van der Waals surface area contributed by atoms with Crippen molar-refractivity contribution in [2.75, 3.05) is 12.3 Å². The largest absolute Gasteiger partial charge is 0.288 e. The quantitative estimate of drug-likeness (QED) is 0.624. The standard InChI is InChI=1S/C24H21NO2S/c26-22-24(20-12-6-2-7-13-20,21-14-8-3-9-15-21)18-28-23(27)25(22)17-16-19-10-4-1-5-11-19/h1-15H,16-18H2. The lowest BCUT2D eigenvalue weighted by Crippen LogP contribution is -2.55. The van der Waals surface area contributed by atoms with Crippen LogP contribution in [0.15, 0.2) is 91.0 Å². The van der Waals surface area contributed by atoms with Crippen molar-refractivity contribution >= 4 is 22.9 Å². The fourth-order valence-corrected chi connectivity index (χ4v) is 4.85. The van der Waals surface area contributed by atoms with E-state index in [0.29, 0.717) is 18.7 Å². The zero-order chi connectivity index (χ0) is 19.4. The first kappa shape index (κ1) is 18.5. The molecule has 1 aliphatic heterocycles. The van der Waals surface area contributed by atoms with E-state index in [0.717, 1.165) is 16.7 Å². The summed E-state index contributed by atoms with van der Waals surface area (Å²) in [7, 11) is 0. The normalized spacial score (nSPS) is 16.2. The van der Waals surface area contributed by atoms with Crippen LogP contribution in [0.4, 0.5) is 4.79 Å². The van der Waals surface area contributed by atoms with Gasteiger partial charge in [-0.2, -0.15) is 0 Å². The van der Waals surface area contributed by atoms with Crippen molar-refractivity contribution in [1.29, 1.82) is 0 Å². The molecule has 0 bridgehead atoms. The summed E-state index contributed by atoms with van der Waals surface area (Å²) in [5.74, 6) is 0.283. The highest BCUT2D eigenvalue weighted by Crippen LogP contribution is 2.41. The lowest BCUT2D eigenvalue weighted by atomic mass is 9.74. The summed E-state index contributed by atoms with van der Waals surface area (Å²) in [6.07, 6.45) is 0.651. The molecule has 1 aliphatic rings. The van der Waals surface area contributed by atoms with Crippen molar-refractivity contribution in [3.63, 3.8) is 0 Å². The summed E-state index contributed by atoms with van der Waals surface area (Å²) in [4.78, 5) is 27.8. The Morgan fingerprint density at radius 2 is 1.25 bits per heavy atom. The van der Waals surface area contributed by atoms with E-state index in [-0.39, 0.29) is 11.1 Å². The van der Waals surface area contributed by atoms with Crippen molar-refractivity contribution in [1.82, 2.24) is 4.90 Å². The van der Waals surface area contributed by atoms with Crippen LogP contribution in [0.25, 0.3) is 0 Å². The lowest BCUT2D eigenvalue weighted by Gasteiger charge is -2.40. The average molecular weight is 388 g/mol. The van der Waals surface area contributed by atoms with Gasteiger partial charge in [-0.05, 0) is 23.1 Å². The monoisotopic (exact) mass is 387 g/mol. The molecule has 4 heteroatoms. The third-order valence-electron chi connectivity index (χ3n) is 5.24. The smallest absolute Gasteiger partial charge is 0.273 e. The molecular formula is C24H21NO2S. The molecular weight excluding hydrogens is 366 g/mol. The van der Waals surface area contributed by atoms with Gasteiger partial charge in [-0.25, -0.2) is 0 Å². The van der Waals surface area contributed by atoms with Gasteiger partial charge >= 0.3 is 0 Å². The van der Waals surface area contributed by atoms with Gasteiger partial charge in [0.25, 0.3) is 5.24 Å². The Morgan fingerprint density at radius 1 is 0.750 bits per heavy atom. The van der Waals surface area contributed by atoms with E-state index < -0.39 is 5.41 Å². The van der Waals surface area contributed by atoms with E-state index in [1.807, 2.05) is 91.0 Å². The van der Waals surface area contributed by atoms with Crippen LogP contribution >= 0.6 is 11.8 Å². The molecule has 140 valence electrons. The minimum atomic E-state index is -0.849. The number of thioether (sulfide) groups is 1. The van der Waals surface area contributed by atoms with Crippen LogP contribution in [0.1, 0.15) is 16.7 Å². The van der Waals surface area contributed by atoms with Gasteiger partial charge in [0.05, 0.1) is 0 Å². The summed E-state index contributed by atoms with van der Waals surface area (Å²) in [6.45, 7) is 0.385. The molecule has 3 aromatic carbocycles. The number of hydrogen-bond acceptors (Lipinski definition) is 3. The minimum Gasteiger partial charge on any atom is -0.273 e. The van der Waals surface area contributed by atoms with Gasteiger partial charge in [0.2, 0.25) is 5.91 Å².